The van der Waals surface area contributed by atoms with Gasteiger partial charge in [0.05, 0.1) is 12.0 Å². The number of rotatable bonds is 4. The number of carbonyl (C=O) groups is 1. The summed E-state index contributed by atoms with van der Waals surface area (Å²) >= 11 is 0. The van der Waals surface area contributed by atoms with E-state index in [2.05, 4.69) is 0 Å². The van der Waals surface area contributed by atoms with Crippen LogP contribution in [0.4, 0.5) is 0 Å². The van der Waals surface area contributed by atoms with E-state index in [1.54, 1.807) is 6.92 Å². The van der Waals surface area contributed by atoms with E-state index in [-0.39, 0.29) is 5.92 Å². The second-order valence-corrected chi connectivity index (χ2v) is 3.81. The normalized spacial score (nSPS) is 25.5. The quantitative estimate of drug-likeness (QED) is 0.731. The van der Waals surface area contributed by atoms with Crippen molar-refractivity contribution in [2.75, 3.05) is 6.61 Å². The van der Waals surface area contributed by atoms with Gasteiger partial charge in [0, 0.05) is 6.61 Å². The molecule has 0 amide bonds. The lowest BCUT2D eigenvalue weighted by atomic mass is 9.99. The molecule has 2 atom stereocenters. The second kappa shape index (κ2) is 5.22. The third-order valence-electron chi connectivity index (χ3n) is 2.62. The Kier molecular flexibility index (Phi) is 4.22. The minimum Gasteiger partial charge on any atom is -0.481 e. The second-order valence-electron chi connectivity index (χ2n) is 3.81. The van der Waals surface area contributed by atoms with Crippen molar-refractivity contribution in [3.8, 4) is 0 Å². The monoisotopic (exact) mass is 186 g/mol. The first-order chi connectivity index (χ1) is 6.20. The van der Waals surface area contributed by atoms with Crippen molar-refractivity contribution in [2.45, 2.75) is 45.1 Å². The van der Waals surface area contributed by atoms with Gasteiger partial charge in [-0.1, -0.05) is 6.92 Å². The van der Waals surface area contributed by atoms with E-state index in [1.165, 1.54) is 6.42 Å². The van der Waals surface area contributed by atoms with Gasteiger partial charge < -0.3 is 9.84 Å². The van der Waals surface area contributed by atoms with Crippen LogP contribution in [0.25, 0.3) is 0 Å². The lowest BCUT2D eigenvalue weighted by Gasteiger charge is -2.22. The zero-order chi connectivity index (χ0) is 9.68. The maximum atomic E-state index is 10.5. The van der Waals surface area contributed by atoms with Crippen molar-refractivity contribution < 1.29 is 14.6 Å². The van der Waals surface area contributed by atoms with Crippen LogP contribution in [0.3, 0.4) is 0 Å². The topological polar surface area (TPSA) is 46.5 Å². The molecule has 0 aromatic carbocycles. The van der Waals surface area contributed by atoms with Gasteiger partial charge in [0.25, 0.3) is 0 Å². The maximum Gasteiger partial charge on any atom is 0.306 e. The Hall–Kier alpha value is -0.570. The molecule has 0 aromatic heterocycles. The molecule has 1 aliphatic rings. The van der Waals surface area contributed by atoms with E-state index >= 15 is 0 Å². The number of hydrogen-bond donors (Lipinski definition) is 1. The minimum atomic E-state index is -0.698. The summed E-state index contributed by atoms with van der Waals surface area (Å²) in [7, 11) is 0. The van der Waals surface area contributed by atoms with Gasteiger partial charge >= 0.3 is 5.97 Å². The molecular formula is C10H18O3. The molecular weight excluding hydrogens is 168 g/mol. The lowest BCUT2D eigenvalue weighted by Crippen LogP contribution is -2.21. The van der Waals surface area contributed by atoms with Gasteiger partial charge in [-0.3, -0.25) is 4.79 Å². The highest BCUT2D eigenvalue weighted by Crippen LogP contribution is 2.19. The molecule has 1 fully saturated rings. The SMILES string of the molecule is CC(CCC1CCCCO1)C(=O)O. The van der Waals surface area contributed by atoms with Crippen LogP contribution < -0.4 is 0 Å². The average Bonchev–Trinajstić information content (AvgIpc) is 2.15. The van der Waals surface area contributed by atoms with Crippen molar-refractivity contribution in [3.05, 3.63) is 0 Å². The molecule has 3 nitrogen and oxygen atoms in total. The number of aliphatic carboxylic acids is 1. The highest BCUT2D eigenvalue weighted by Gasteiger charge is 2.17. The molecule has 0 aromatic rings. The van der Waals surface area contributed by atoms with Crippen molar-refractivity contribution in [2.24, 2.45) is 5.92 Å². The Balaban J connectivity index is 2.13. The summed E-state index contributed by atoms with van der Waals surface area (Å²) in [6.07, 6.45) is 5.44. The smallest absolute Gasteiger partial charge is 0.306 e. The number of hydrogen-bond acceptors (Lipinski definition) is 2. The Morgan fingerprint density at radius 3 is 2.92 bits per heavy atom. The molecule has 13 heavy (non-hydrogen) atoms. The highest BCUT2D eigenvalue weighted by atomic mass is 16.5. The van der Waals surface area contributed by atoms with Gasteiger partial charge in [-0.15, -0.1) is 0 Å². The fraction of sp³-hybridized carbons (Fsp3) is 0.900. The van der Waals surface area contributed by atoms with Crippen LogP contribution in [0.5, 0.6) is 0 Å². The van der Waals surface area contributed by atoms with Crippen molar-refractivity contribution >= 4 is 5.97 Å². The van der Waals surface area contributed by atoms with Crippen LogP contribution in [0.1, 0.15) is 39.0 Å². The van der Waals surface area contributed by atoms with E-state index in [1.807, 2.05) is 0 Å². The Labute approximate surface area is 79.1 Å². The average molecular weight is 186 g/mol. The van der Waals surface area contributed by atoms with Crippen LogP contribution in [-0.2, 0) is 9.53 Å². The van der Waals surface area contributed by atoms with Crippen molar-refractivity contribution in [1.82, 2.24) is 0 Å². The van der Waals surface area contributed by atoms with Crippen LogP contribution in [0.15, 0.2) is 0 Å². The lowest BCUT2D eigenvalue weighted by molar-refractivity contribution is -0.141. The Bertz CT molecular complexity index is 162. The van der Waals surface area contributed by atoms with E-state index in [9.17, 15) is 4.79 Å². The molecule has 0 spiro atoms. The van der Waals surface area contributed by atoms with Gasteiger partial charge in [0.1, 0.15) is 0 Å². The van der Waals surface area contributed by atoms with E-state index in [0.717, 1.165) is 32.3 Å². The molecule has 1 N–H and O–H groups in total. The fourth-order valence-corrected chi connectivity index (χ4v) is 1.59. The standard InChI is InChI=1S/C10H18O3/c1-8(10(11)12)5-6-9-4-2-3-7-13-9/h8-9H,2-7H2,1H3,(H,11,12). The zero-order valence-corrected chi connectivity index (χ0v) is 8.16. The van der Waals surface area contributed by atoms with E-state index < -0.39 is 5.97 Å². The van der Waals surface area contributed by atoms with E-state index in [4.69, 9.17) is 9.84 Å². The molecule has 3 heteroatoms. The summed E-state index contributed by atoms with van der Waals surface area (Å²) in [5.41, 5.74) is 0. The molecule has 1 saturated heterocycles. The first-order valence-electron chi connectivity index (χ1n) is 5.04. The molecule has 0 radical (unpaired) electrons. The molecule has 0 saturated carbocycles. The van der Waals surface area contributed by atoms with Crippen molar-refractivity contribution in [1.29, 1.82) is 0 Å². The number of carboxylic acids is 1. The molecule has 76 valence electrons. The largest absolute Gasteiger partial charge is 0.481 e. The third kappa shape index (κ3) is 3.77. The minimum absolute atomic E-state index is 0.231. The van der Waals surface area contributed by atoms with E-state index in [0.29, 0.717) is 6.10 Å². The fourth-order valence-electron chi connectivity index (χ4n) is 1.59. The van der Waals surface area contributed by atoms with Crippen LogP contribution >= 0.6 is 0 Å². The molecule has 0 bridgehead atoms. The predicted octanol–water partition coefficient (Wildman–Crippen LogP) is 2.06. The summed E-state index contributed by atoms with van der Waals surface area (Å²) in [5, 5.41) is 8.67. The summed E-state index contributed by atoms with van der Waals surface area (Å²) in [4.78, 5) is 10.5. The molecule has 1 heterocycles. The highest BCUT2D eigenvalue weighted by molar-refractivity contribution is 5.69. The molecule has 2 unspecified atom stereocenters. The molecule has 1 rings (SSSR count). The first kappa shape index (κ1) is 10.5. The maximum absolute atomic E-state index is 10.5. The molecule has 0 aliphatic carbocycles. The number of ether oxygens (including phenoxy) is 1. The third-order valence-corrected chi connectivity index (χ3v) is 2.62. The van der Waals surface area contributed by atoms with Gasteiger partial charge in [0.2, 0.25) is 0 Å². The van der Waals surface area contributed by atoms with Gasteiger partial charge in [0.15, 0.2) is 0 Å². The van der Waals surface area contributed by atoms with Crippen molar-refractivity contribution in [3.63, 3.8) is 0 Å². The predicted molar refractivity (Wildman–Crippen MR) is 49.6 cm³/mol. The Morgan fingerprint density at radius 2 is 2.38 bits per heavy atom. The number of carboxylic acid groups (broad SMARTS) is 1. The summed E-state index contributed by atoms with van der Waals surface area (Å²) in [6.45, 7) is 2.61. The first-order valence-corrected chi connectivity index (χ1v) is 5.04. The zero-order valence-electron chi connectivity index (χ0n) is 8.16. The van der Waals surface area contributed by atoms with Gasteiger partial charge in [-0.25, -0.2) is 0 Å². The van der Waals surface area contributed by atoms with Gasteiger partial charge in [-0.05, 0) is 32.1 Å². The summed E-state index contributed by atoms with van der Waals surface area (Å²) < 4.78 is 5.52. The summed E-state index contributed by atoms with van der Waals surface area (Å²) in [6, 6.07) is 0. The summed E-state index contributed by atoms with van der Waals surface area (Å²) in [5.74, 6) is -0.929. The van der Waals surface area contributed by atoms with Crippen LogP contribution in [-0.4, -0.2) is 23.8 Å². The molecule has 1 aliphatic heterocycles. The van der Waals surface area contributed by atoms with Crippen LogP contribution in [0.2, 0.25) is 0 Å². The Morgan fingerprint density at radius 1 is 1.62 bits per heavy atom. The van der Waals surface area contributed by atoms with Crippen LogP contribution in [0, 0.1) is 5.92 Å². The van der Waals surface area contributed by atoms with Gasteiger partial charge in [-0.2, -0.15) is 0 Å².